The Morgan fingerprint density at radius 1 is 1.38 bits per heavy atom. The molecule has 1 heterocycles. The summed E-state index contributed by atoms with van der Waals surface area (Å²) in [4.78, 5) is 38.2. The van der Waals surface area contributed by atoms with E-state index in [1.807, 2.05) is 0 Å². The molecule has 114 valence electrons. The summed E-state index contributed by atoms with van der Waals surface area (Å²) in [6.45, 7) is 1.36. The normalized spacial score (nSPS) is 16.4. The van der Waals surface area contributed by atoms with Crippen molar-refractivity contribution in [3.05, 3.63) is 11.1 Å². The number of rotatable bonds is 5. The van der Waals surface area contributed by atoms with Gasteiger partial charge in [0, 0.05) is 12.3 Å². The minimum Gasteiger partial charge on any atom is -0.481 e. The minimum absolute atomic E-state index is 0.0819. The highest BCUT2D eigenvalue weighted by molar-refractivity contribution is 7.14. The average molecular weight is 311 g/mol. The maximum Gasteiger partial charge on any atom is 0.305 e. The Morgan fingerprint density at radius 2 is 2.05 bits per heavy atom. The molecule has 0 aliphatic heterocycles. The van der Waals surface area contributed by atoms with Crippen molar-refractivity contribution < 1.29 is 19.5 Å². The van der Waals surface area contributed by atoms with Gasteiger partial charge < -0.3 is 15.7 Å². The van der Waals surface area contributed by atoms with E-state index in [2.05, 4.69) is 15.6 Å². The highest BCUT2D eigenvalue weighted by Crippen LogP contribution is 2.33. The van der Waals surface area contributed by atoms with Crippen molar-refractivity contribution in [3.63, 3.8) is 0 Å². The molecule has 0 bridgehead atoms. The number of anilines is 1. The molecule has 1 aliphatic rings. The number of hydrogen-bond donors (Lipinski definition) is 3. The Labute approximate surface area is 125 Å². The molecule has 0 saturated heterocycles. The number of hydrogen-bond acceptors (Lipinski definition) is 5. The van der Waals surface area contributed by atoms with Crippen LogP contribution in [0.4, 0.5) is 5.13 Å². The third-order valence-electron chi connectivity index (χ3n) is 3.45. The SMILES string of the molecule is CC(=O)Nc1nc(C(=O)NC2(CC(=O)O)CCCC2)cs1. The van der Waals surface area contributed by atoms with E-state index in [-0.39, 0.29) is 18.0 Å². The molecule has 1 aromatic heterocycles. The van der Waals surface area contributed by atoms with Crippen LogP contribution in [-0.4, -0.2) is 33.4 Å². The zero-order valence-corrected chi connectivity index (χ0v) is 12.5. The van der Waals surface area contributed by atoms with E-state index in [0.717, 1.165) is 24.2 Å². The molecule has 1 aliphatic carbocycles. The van der Waals surface area contributed by atoms with Crippen LogP contribution in [-0.2, 0) is 9.59 Å². The van der Waals surface area contributed by atoms with E-state index in [4.69, 9.17) is 5.11 Å². The molecular weight excluding hydrogens is 294 g/mol. The van der Waals surface area contributed by atoms with E-state index in [1.54, 1.807) is 5.38 Å². The van der Waals surface area contributed by atoms with Crippen LogP contribution in [0, 0.1) is 0 Å². The predicted molar refractivity (Wildman–Crippen MR) is 77.3 cm³/mol. The topological polar surface area (TPSA) is 108 Å². The van der Waals surface area contributed by atoms with Crippen LogP contribution < -0.4 is 10.6 Å². The van der Waals surface area contributed by atoms with Gasteiger partial charge in [-0.3, -0.25) is 14.4 Å². The molecular formula is C13H17N3O4S. The van der Waals surface area contributed by atoms with Gasteiger partial charge in [0.15, 0.2) is 5.13 Å². The highest BCUT2D eigenvalue weighted by atomic mass is 32.1. The second kappa shape index (κ2) is 6.21. The monoisotopic (exact) mass is 311 g/mol. The first-order valence-electron chi connectivity index (χ1n) is 6.68. The lowest BCUT2D eigenvalue weighted by atomic mass is 9.93. The second-order valence-electron chi connectivity index (χ2n) is 5.23. The number of carbonyl (C=O) groups excluding carboxylic acids is 2. The molecule has 0 unspecified atom stereocenters. The number of thiazole rings is 1. The molecule has 1 aromatic rings. The number of nitrogens with zero attached hydrogens (tertiary/aromatic N) is 1. The van der Waals surface area contributed by atoms with Crippen molar-refractivity contribution in [1.29, 1.82) is 0 Å². The summed E-state index contributed by atoms with van der Waals surface area (Å²) in [5, 5.41) is 16.2. The van der Waals surface area contributed by atoms with Crippen molar-refractivity contribution in [2.45, 2.75) is 44.6 Å². The zero-order valence-electron chi connectivity index (χ0n) is 11.6. The van der Waals surface area contributed by atoms with E-state index < -0.39 is 17.4 Å². The quantitative estimate of drug-likeness (QED) is 0.765. The summed E-state index contributed by atoms with van der Waals surface area (Å²) in [6, 6.07) is 0. The van der Waals surface area contributed by atoms with Gasteiger partial charge in [-0.2, -0.15) is 0 Å². The summed E-state index contributed by atoms with van der Waals surface area (Å²) in [6.07, 6.45) is 3.05. The molecule has 0 aromatic carbocycles. The zero-order chi connectivity index (χ0) is 15.5. The Kier molecular flexibility index (Phi) is 4.56. The number of nitrogens with one attached hydrogen (secondary N) is 2. The standard InChI is InChI=1S/C13H17N3O4S/c1-8(17)14-12-15-9(7-21-12)11(20)16-13(6-10(18)19)4-2-3-5-13/h7H,2-6H2,1H3,(H,16,20)(H,18,19)(H,14,15,17). The van der Waals surface area contributed by atoms with Gasteiger partial charge in [0.25, 0.3) is 5.91 Å². The number of aliphatic carboxylic acids is 1. The minimum atomic E-state index is -0.922. The largest absolute Gasteiger partial charge is 0.481 e. The number of aromatic nitrogens is 1. The average Bonchev–Trinajstić information content (AvgIpc) is 2.97. The summed E-state index contributed by atoms with van der Waals surface area (Å²) in [5.74, 6) is -1.57. The van der Waals surface area contributed by atoms with Crippen LogP contribution in [0.5, 0.6) is 0 Å². The van der Waals surface area contributed by atoms with Crippen LogP contribution >= 0.6 is 11.3 Å². The van der Waals surface area contributed by atoms with Gasteiger partial charge in [-0.1, -0.05) is 12.8 Å². The molecule has 1 saturated carbocycles. The van der Waals surface area contributed by atoms with Crippen LogP contribution in [0.15, 0.2) is 5.38 Å². The number of amides is 2. The van der Waals surface area contributed by atoms with Gasteiger partial charge in [0.05, 0.1) is 12.0 Å². The fourth-order valence-electron chi connectivity index (χ4n) is 2.58. The van der Waals surface area contributed by atoms with Gasteiger partial charge in [0.2, 0.25) is 5.91 Å². The summed E-state index contributed by atoms with van der Waals surface area (Å²) >= 11 is 1.16. The van der Waals surface area contributed by atoms with E-state index in [9.17, 15) is 14.4 Å². The first-order chi connectivity index (χ1) is 9.90. The fraction of sp³-hybridized carbons (Fsp3) is 0.538. The number of carboxylic acids is 1. The van der Waals surface area contributed by atoms with Crippen molar-refractivity contribution in [2.75, 3.05) is 5.32 Å². The van der Waals surface area contributed by atoms with Gasteiger partial charge in [0.1, 0.15) is 5.69 Å². The molecule has 1 fully saturated rings. The van der Waals surface area contributed by atoms with Crippen molar-refractivity contribution in [3.8, 4) is 0 Å². The van der Waals surface area contributed by atoms with Gasteiger partial charge >= 0.3 is 5.97 Å². The van der Waals surface area contributed by atoms with Crippen molar-refractivity contribution in [1.82, 2.24) is 10.3 Å². The third-order valence-corrected chi connectivity index (χ3v) is 4.21. The molecule has 7 nitrogen and oxygen atoms in total. The molecule has 0 atom stereocenters. The Morgan fingerprint density at radius 3 is 2.62 bits per heavy atom. The van der Waals surface area contributed by atoms with Gasteiger partial charge in [-0.25, -0.2) is 4.98 Å². The third kappa shape index (κ3) is 4.01. The smallest absolute Gasteiger partial charge is 0.305 e. The Bertz CT molecular complexity index is 564. The molecule has 0 spiro atoms. The Balaban J connectivity index is 2.06. The second-order valence-corrected chi connectivity index (χ2v) is 6.09. The van der Waals surface area contributed by atoms with Crippen molar-refractivity contribution >= 4 is 34.3 Å². The summed E-state index contributed by atoms with van der Waals surface area (Å²) in [5.41, 5.74) is -0.485. The lowest BCUT2D eigenvalue weighted by molar-refractivity contribution is -0.138. The van der Waals surface area contributed by atoms with Crippen molar-refractivity contribution in [2.24, 2.45) is 0 Å². The van der Waals surface area contributed by atoms with E-state index in [1.165, 1.54) is 6.92 Å². The first-order valence-corrected chi connectivity index (χ1v) is 7.56. The van der Waals surface area contributed by atoms with Gasteiger partial charge in [-0.15, -0.1) is 11.3 Å². The molecule has 21 heavy (non-hydrogen) atoms. The van der Waals surface area contributed by atoms with Gasteiger partial charge in [-0.05, 0) is 12.8 Å². The number of carbonyl (C=O) groups is 3. The lowest BCUT2D eigenvalue weighted by Crippen LogP contribution is -2.47. The van der Waals surface area contributed by atoms with Crippen LogP contribution in [0.25, 0.3) is 0 Å². The van der Waals surface area contributed by atoms with E-state index >= 15 is 0 Å². The molecule has 3 N–H and O–H groups in total. The fourth-order valence-corrected chi connectivity index (χ4v) is 3.31. The predicted octanol–water partition coefficient (Wildman–Crippen LogP) is 1.62. The summed E-state index contributed by atoms with van der Waals surface area (Å²) in [7, 11) is 0. The lowest BCUT2D eigenvalue weighted by Gasteiger charge is -2.28. The maximum absolute atomic E-state index is 12.2. The van der Waals surface area contributed by atoms with Crippen LogP contribution in [0.3, 0.4) is 0 Å². The van der Waals surface area contributed by atoms with Crippen LogP contribution in [0.2, 0.25) is 0 Å². The molecule has 0 radical (unpaired) electrons. The molecule has 2 amide bonds. The molecule has 8 heteroatoms. The molecule has 2 rings (SSSR count). The summed E-state index contributed by atoms with van der Waals surface area (Å²) < 4.78 is 0. The number of carboxylic acid groups (broad SMARTS) is 1. The first kappa shape index (κ1) is 15.4. The maximum atomic E-state index is 12.2. The highest BCUT2D eigenvalue weighted by Gasteiger charge is 2.38. The van der Waals surface area contributed by atoms with E-state index in [0.29, 0.717) is 18.0 Å². The Hall–Kier alpha value is -1.96. The van der Waals surface area contributed by atoms with Crippen LogP contribution in [0.1, 0.15) is 49.5 Å².